The van der Waals surface area contributed by atoms with Gasteiger partial charge in [-0.05, 0) is 101 Å². The second kappa shape index (κ2) is 10.8. The van der Waals surface area contributed by atoms with E-state index in [2.05, 4.69) is 161 Å². The van der Waals surface area contributed by atoms with Crippen LogP contribution in [0.2, 0.25) is 0 Å². The Kier molecular flexibility index (Phi) is 6.00. The van der Waals surface area contributed by atoms with E-state index < -0.39 is 0 Å². The molecule has 3 nitrogen and oxygen atoms in total. The lowest BCUT2D eigenvalue weighted by Gasteiger charge is -2.46. The molecule has 0 unspecified atom stereocenters. The molecule has 0 spiro atoms. The molecule has 0 saturated carbocycles. The summed E-state index contributed by atoms with van der Waals surface area (Å²) in [6.07, 6.45) is 4.78. The Bertz CT molecular complexity index is 2640. The number of rotatable bonds is 3. The van der Waals surface area contributed by atoms with E-state index in [1.54, 1.807) is 0 Å². The van der Waals surface area contributed by atoms with Gasteiger partial charge in [0.2, 0.25) is 0 Å². The minimum Gasteiger partial charge on any atom is -0.454 e. The molecule has 0 saturated heterocycles. The molecule has 4 heteroatoms. The van der Waals surface area contributed by atoms with Crippen molar-refractivity contribution in [3.05, 3.63) is 163 Å². The highest BCUT2D eigenvalue weighted by Gasteiger charge is 2.45. The largest absolute Gasteiger partial charge is 0.454 e. The second-order valence-electron chi connectivity index (χ2n) is 13.9. The maximum atomic E-state index is 6.68. The smallest absolute Gasteiger partial charge is 0.333 e. The minimum absolute atomic E-state index is 0.0254. The summed E-state index contributed by atoms with van der Waals surface area (Å²) in [6, 6.07) is 55.9. The zero-order valence-corrected chi connectivity index (χ0v) is 27.6. The Morgan fingerprint density at radius 2 is 1.14 bits per heavy atom. The van der Waals surface area contributed by atoms with Crippen LogP contribution in [0, 0.1) is 0 Å². The zero-order chi connectivity index (χ0) is 32.8. The predicted molar refractivity (Wildman–Crippen MR) is 210 cm³/mol. The molecule has 236 valence electrons. The number of aryl methyl sites for hydroxylation is 2. The summed E-state index contributed by atoms with van der Waals surface area (Å²) in [6.45, 7) is -0.0254. The normalized spacial score (nSPS) is 14.4. The first-order chi connectivity index (χ1) is 24.8. The van der Waals surface area contributed by atoms with Crippen LogP contribution in [0.1, 0.15) is 24.0 Å². The number of nitrogens with zero attached hydrogens (tertiary/aromatic N) is 2. The summed E-state index contributed by atoms with van der Waals surface area (Å²) in [5, 5.41) is 2.28. The van der Waals surface area contributed by atoms with E-state index in [1.807, 2.05) is 0 Å². The van der Waals surface area contributed by atoms with Gasteiger partial charge in [-0.15, -0.1) is 0 Å². The van der Waals surface area contributed by atoms with Crippen LogP contribution in [0.3, 0.4) is 0 Å². The molecule has 2 aliphatic heterocycles. The molecule has 50 heavy (non-hydrogen) atoms. The third-order valence-electron chi connectivity index (χ3n) is 11.2. The average Bonchev–Trinajstić information content (AvgIpc) is 3.57. The SMILES string of the molecule is c1ccc(-c2cc3c(cc2N2B4c5ccccc5N(c5cccc6c5oc5ccccc56)c5cccc(c54)-c4ccccc42)CCCC3)cc1. The molecule has 3 heterocycles. The lowest BCUT2D eigenvalue weighted by molar-refractivity contribution is 0.669. The van der Waals surface area contributed by atoms with Crippen LogP contribution in [0.5, 0.6) is 0 Å². The summed E-state index contributed by atoms with van der Waals surface area (Å²) in [5.74, 6) is 0. The first-order valence-electron chi connectivity index (χ1n) is 17.9. The molecule has 0 N–H and O–H groups in total. The molecule has 0 atom stereocenters. The lowest BCUT2D eigenvalue weighted by atomic mass is 9.43. The molecule has 1 aliphatic carbocycles. The van der Waals surface area contributed by atoms with E-state index in [9.17, 15) is 0 Å². The van der Waals surface area contributed by atoms with Crippen LogP contribution in [0.25, 0.3) is 44.2 Å². The summed E-state index contributed by atoms with van der Waals surface area (Å²) in [4.78, 5) is 5.11. The third-order valence-corrected chi connectivity index (χ3v) is 11.2. The van der Waals surface area contributed by atoms with E-state index in [0.717, 1.165) is 40.5 Å². The molecule has 7 aromatic carbocycles. The number of hydrogen-bond acceptors (Lipinski definition) is 3. The molecule has 0 bridgehead atoms. The monoisotopic (exact) mass is 640 g/mol. The first-order valence-corrected chi connectivity index (χ1v) is 17.9. The van der Waals surface area contributed by atoms with Crippen molar-refractivity contribution < 1.29 is 4.42 Å². The van der Waals surface area contributed by atoms with Crippen molar-refractivity contribution in [1.82, 2.24) is 0 Å². The highest BCUT2D eigenvalue weighted by molar-refractivity contribution is 6.93. The Morgan fingerprint density at radius 3 is 2.04 bits per heavy atom. The van der Waals surface area contributed by atoms with E-state index >= 15 is 0 Å². The lowest BCUT2D eigenvalue weighted by Crippen LogP contribution is -2.61. The highest BCUT2D eigenvalue weighted by atomic mass is 16.3. The molecule has 1 aromatic heterocycles. The summed E-state index contributed by atoms with van der Waals surface area (Å²) in [5.41, 5.74) is 18.5. The van der Waals surface area contributed by atoms with Gasteiger partial charge in [0.1, 0.15) is 5.58 Å². The average molecular weight is 641 g/mol. The maximum Gasteiger partial charge on any atom is 0.333 e. The van der Waals surface area contributed by atoms with Gasteiger partial charge in [0, 0.05) is 44.6 Å². The Hall–Kier alpha value is -6.00. The van der Waals surface area contributed by atoms with E-state index in [4.69, 9.17) is 4.42 Å². The molecule has 11 rings (SSSR count). The molecule has 0 amide bonds. The summed E-state index contributed by atoms with van der Waals surface area (Å²) in [7, 11) is 0. The second-order valence-corrected chi connectivity index (χ2v) is 13.9. The van der Waals surface area contributed by atoms with Crippen LogP contribution in [-0.4, -0.2) is 6.85 Å². The van der Waals surface area contributed by atoms with Gasteiger partial charge in [-0.1, -0.05) is 109 Å². The van der Waals surface area contributed by atoms with Crippen molar-refractivity contribution in [2.75, 3.05) is 9.71 Å². The van der Waals surface area contributed by atoms with Crippen LogP contribution in [0.15, 0.2) is 156 Å². The number of anilines is 5. The highest BCUT2D eigenvalue weighted by Crippen LogP contribution is 2.50. The van der Waals surface area contributed by atoms with Crippen molar-refractivity contribution in [2.24, 2.45) is 0 Å². The van der Waals surface area contributed by atoms with Crippen molar-refractivity contribution in [1.29, 1.82) is 0 Å². The topological polar surface area (TPSA) is 19.6 Å². The van der Waals surface area contributed by atoms with Crippen LogP contribution in [0.4, 0.5) is 28.4 Å². The molecular formula is C46H33BN2O. The molecule has 0 radical (unpaired) electrons. The van der Waals surface area contributed by atoms with Crippen LogP contribution in [-0.2, 0) is 12.8 Å². The summed E-state index contributed by atoms with van der Waals surface area (Å²) >= 11 is 0. The number of hydrogen-bond donors (Lipinski definition) is 0. The molecule has 0 fully saturated rings. The minimum atomic E-state index is -0.0254. The Labute approximate surface area is 292 Å². The van der Waals surface area contributed by atoms with E-state index in [1.165, 1.54) is 79.9 Å². The van der Waals surface area contributed by atoms with Crippen LogP contribution < -0.4 is 20.6 Å². The third kappa shape index (κ3) is 3.93. The van der Waals surface area contributed by atoms with E-state index in [-0.39, 0.29) is 6.85 Å². The van der Waals surface area contributed by atoms with E-state index in [0.29, 0.717) is 0 Å². The van der Waals surface area contributed by atoms with Gasteiger partial charge in [-0.25, -0.2) is 0 Å². The maximum absolute atomic E-state index is 6.68. The Morgan fingerprint density at radius 1 is 0.480 bits per heavy atom. The van der Waals surface area contributed by atoms with Crippen molar-refractivity contribution >= 4 is 68.1 Å². The Balaban J connectivity index is 1.22. The molecule has 3 aliphatic rings. The fraction of sp³-hybridized carbons (Fsp3) is 0.0870. The number of fused-ring (bicyclic) bond motifs is 8. The molecule has 8 aromatic rings. The first kappa shape index (κ1) is 27.9. The number of furan rings is 1. The van der Waals surface area contributed by atoms with Gasteiger partial charge in [-0.2, -0.15) is 0 Å². The van der Waals surface area contributed by atoms with Crippen LogP contribution >= 0.6 is 0 Å². The zero-order valence-electron chi connectivity index (χ0n) is 27.6. The summed E-state index contributed by atoms with van der Waals surface area (Å²) < 4.78 is 6.68. The molecular weight excluding hydrogens is 607 g/mol. The quantitative estimate of drug-likeness (QED) is 0.179. The van der Waals surface area contributed by atoms with Gasteiger partial charge in [0.15, 0.2) is 5.58 Å². The van der Waals surface area contributed by atoms with Gasteiger partial charge in [0.05, 0.1) is 5.69 Å². The van der Waals surface area contributed by atoms with Gasteiger partial charge >= 0.3 is 6.85 Å². The fourth-order valence-electron chi connectivity index (χ4n) is 9.05. The van der Waals surface area contributed by atoms with Gasteiger partial charge in [0.25, 0.3) is 0 Å². The fourth-order valence-corrected chi connectivity index (χ4v) is 9.05. The standard InChI is InChI=1S/C46H33BN2O/c1-2-14-30(15-3-1)37-28-31-16-4-5-17-32(31)29-43(37)49-39-23-9-6-18-33(39)35-20-12-25-41-45(35)47(49)38-22-8-10-24-40(38)48(41)42-26-13-21-36-34-19-7-11-27-44(34)50-46(36)42/h1-3,6-15,18-29H,4-5,16-17H2. The number of para-hydroxylation sites is 4. The number of benzene rings is 7. The van der Waals surface area contributed by atoms with Crippen molar-refractivity contribution in [2.45, 2.75) is 25.7 Å². The predicted octanol–water partition coefficient (Wildman–Crippen LogP) is 10.8. The van der Waals surface area contributed by atoms with Gasteiger partial charge < -0.3 is 14.1 Å². The van der Waals surface area contributed by atoms with Crippen molar-refractivity contribution in [3.8, 4) is 22.3 Å². The van der Waals surface area contributed by atoms with Gasteiger partial charge in [-0.3, -0.25) is 0 Å². The van der Waals surface area contributed by atoms with Crippen molar-refractivity contribution in [3.63, 3.8) is 0 Å².